The van der Waals surface area contributed by atoms with E-state index >= 15 is 0 Å². The number of hydrazine groups is 1. The number of hydrogen-bond donors (Lipinski definition) is 2. The van der Waals surface area contributed by atoms with E-state index in [1.165, 1.54) is 6.07 Å². The molecule has 6 nitrogen and oxygen atoms in total. The SMILES string of the molecule is O=C(NNC(=O)[C@H]1COc2ccccc2O1)c1cccc(C(F)(F)F)c1. The first-order valence-electron chi connectivity index (χ1n) is 7.50. The average Bonchev–Trinajstić information content (AvgIpc) is 2.64. The zero-order valence-electron chi connectivity index (χ0n) is 13.2. The summed E-state index contributed by atoms with van der Waals surface area (Å²) in [5.41, 5.74) is 2.97. The highest BCUT2D eigenvalue weighted by Gasteiger charge is 2.31. The molecule has 0 bridgehead atoms. The minimum Gasteiger partial charge on any atom is -0.485 e. The van der Waals surface area contributed by atoms with Crippen molar-refractivity contribution in [2.45, 2.75) is 12.3 Å². The molecule has 9 heteroatoms. The molecular weight excluding hydrogens is 353 g/mol. The van der Waals surface area contributed by atoms with E-state index in [0.717, 1.165) is 12.1 Å². The molecule has 0 unspecified atom stereocenters. The van der Waals surface area contributed by atoms with Gasteiger partial charge in [-0.15, -0.1) is 0 Å². The molecule has 0 spiro atoms. The summed E-state index contributed by atoms with van der Waals surface area (Å²) in [6, 6.07) is 10.6. The molecule has 2 amide bonds. The molecule has 2 aromatic rings. The van der Waals surface area contributed by atoms with Crippen molar-refractivity contribution < 1.29 is 32.2 Å². The highest BCUT2D eigenvalue weighted by Crippen LogP contribution is 2.31. The number of carbonyl (C=O) groups is 2. The van der Waals surface area contributed by atoms with Crippen LogP contribution in [0, 0.1) is 0 Å². The van der Waals surface area contributed by atoms with Crippen molar-refractivity contribution in [3.63, 3.8) is 0 Å². The molecule has 0 aliphatic carbocycles. The maximum absolute atomic E-state index is 12.7. The molecule has 1 aliphatic heterocycles. The van der Waals surface area contributed by atoms with Crippen molar-refractivity contribution in [3.05, 3.63) is 59.7 Å². The standard InChI is InChI=1S/C17H13F3N2O4/c18-17(19,20)11-5-3-4-10(8-11)15(23)21-22-16(24)14-9-25-12-6-1-2-7-13(12)26-14/h1-8,14H,9H2,(H,21,23)(H,22,24)/t14-/m1/s1. The van der Waals surface area contributed by atoms with E-state index in [4.69, 9.17) is 9.47 Å². The van der Waals surface area contributed by atoms with Gasteiger partial charge in [-0.05, 0) is 30.3 Å². The van der Waals surface area contributed by atoms with Crippen LogP contribution in [-0.4, -0.2) is 24.5 Å². The molecule has 1 heterocycles. The van der Waals surface area contributed by atoms with Crippen LogP contribution in [0.2, 0.25) is 0 Å². The van der Waals surface area contributed by atoms with Crippen LogP contribution in [0.3, 0.4) is 0 Å². The van der Waals surface area contributed by atoms with Crippen LogP contribution in [0.15, 0.2) is 48.5 Å². The van der Waals surface area contributed by atoms with Crippen molar-refractivity contribution in [2.24, 2.45) is 0 Å². The number of amides is 2. The first kappa shape index (κ1) is 17.6. The van der Waals surface area contributed by atoms with Gasteiger partial charge in [0.25, 0.3) is 11.8 Å². The van der Waals surface area contributed by atoms with Crippen molar-refractivity contribution >= 4 is 11.8 Å². The average molecular weight is 366 g/mol. The minimum atomic E-state index is -4.57. The summed E-state index contributed by atoms with van der Waals surface area (Å²) < 4.78 is 48.9. The van der Waals surface area contributed by atoms with Gasteiger partial charge in [0, 0.05) is 5.56 Å². The molecule has 26 heavy (non-hydrogen) atoms. The van der Waals surface area contributed by atoms with Gasteiger partial charge in [0.05, 0.1) is 5.56 Å². The lowest BCUT2D eigenvalue weighted by Crippen LogP contribution is -2.50. The number of nitrogens with one attached hydrogen (secondary N) is 2. The van der Waals surface area contributed by atoms with E-state index in [1.54, 1.807) is 24.3 Å². The second kappa shape index (κ2) is 6.95. The fourth-order valence-corrected chi connectivity index (χ4v) is 2.26. The first-order valence-corrected chi connectivity index (χ1v) is 7.50. The Morgan fingerprint density at radius 3 is 2.46 bits per heavy atom. The number of hydrogen-bond acceptors (Lipinski definition) is 4. The number of carbonyl (C=O) groups excluding carboxylic acids is 2. The molecule has 0 saturated heterocycles. The molecule has 0 radical (unpaired) electrons. The van der Waals surface area contributed by atoms with Crippen molar-refractivity contribution in [1.82, 2.24) is 10.9 Å². The van der Waals surface area contributed by atoms with Gasteiger partial charge in [-0.3, -0.25) is 20.4 Å². The highest BCUT2D eigenvalue weighted by atomic mass is 19.4. The van der Waals surface area contributed by atoms with Crippen LogP contribution in [0.1, 0.15) is 15.9 Å². The third kappa shape index (κ3) is 3.88. The van der Waals surface area contributed by atoms with Gasteiger partial charge < -0.3 is 9.47 Å². The Morgan fingerprint density at radius 2 is 1.73 bits per heavy atom. The van der Waals surface area contributed by atoms with Crippen molar-refractivity contribution in [1.29, 1.82) is 0 Å². The fraction of sp³-hybridized carbons (Fsp3) is 0.176. The van der Waals surface area contributed by atoms with Crippen LogP contribution < -0.4 is 20.3 Å². The zero-order chi connectivity index (χ0) is 18.7. The molecule has 3 rings (SSSR count). The molecule has 2 aromatic carbocycles. The Labute approximate surface area is 145 Å². The predicted octanol–water partition coefficient (Wildman–Crippen LogP) is 2.31. The second-order valence-electron chi connectivity index (χ2n) is 5.39. The highest BCUT2D eigenvalue weighted by molar-refractivity contribution is 5.96. The van der Waals surface area contributed by atoms with Crippen LogP contribution in [0.4, 0.5) is 13.2 Å². The van der Waals surface area contributed by atoms with E-state index < -0.39 is 29.7 Å². The summed E-state index contributed by atoms with van der Waals surface area (Å²) in [5.74, 6) is -0.714. The monoisotopic (exact) mass is 366 g/mol. The summed E-state index contributed by atoms with van der Waals surface area (Å²) in [5, 5.41) is 0. The molecule has 136 valence electrons. The van der Waals surface area contributed by atoms with E-state index in [2.05, 4.69) is 10.9 Å². The van der Waals surface area contributed by atoms with Gasteiger partial charge in [0.1, 0.15) is 6.61 Å². The number of rotatable bonds is 2. The second-order valence-corrected chi connectivity index (χ2v) is 5.39. The normalized spacial score (nSPS) is 15.9. The summed E-state index contributed by atoms with van der Waals surface area (Å²) in [6.45, 7) is -0.0672. The van der Waals surface area contributed by atoms with Crippen LogP contribution >= 0.6 is 0 Å². The Bertz CT molecular complexity index is 839. The van der Waals surface area contributed by atoms with E-state index in [1.807, 2.05) is 0 Å². The lowest BCUT2D eigenvalue weighted by molar-refractivity contribution is -0.137. The number of ether oxygens (including phenoxy) is 2. The van der Waals surface area contributed by atoms with Gasteiger partial charge >= 0.3 is 6.18 Å². The van der Waals surface area contributed by atoms with E-state index in [0.29, 0.717) is 17.6 Å². The molecule has 1 atom stereocenters. The Balaban J connectivity index is 1.59. The topological polar surface area (TPSA) is 76.7 Å². The van der Waals surface area contributed by atoms with Crippen molar-refractivity contribution in [2.75, 3.05) is 6.61 Å². The van der Waals surface area contributed by atoms with Gasteiger partial charge in [-0.1, -0.05) is 18.2 Å². The van der Waals surface area contributed by atoms with Crippen LogP contribution in [0.5, 0.6) is 11.5 Å². The Hall–Kier alpha value is -3.23. The third-order valence-electron chi connectivity index (χ3n) is 3.55. The predicted molar refractivity (Wildman–Crippen MR) is 83.4 cm³/mol. The van der Waals surface area contributed by atoms with E-state index in [-0.39, 0.29) is 12.2 Å². The summed E-state index contributed by atoms with van der Waals surface area (Å²) in [6.07, 6.45) is -5.58. The summed E-state index contributed by atoms with van der Waals surface area (Å²) in [7, 11) is 0. The maximum Gasteiger partial charge on any atom is 0.416 e. The van der Waals surface area contributed by atoms with Gasteiger partial charge in [0.15, 0.2) is 11.5 Å². The van der Waals surface area contributed by atoms with Crippen molar-refractivity contribution in [3.8, 4) is 11.5 Å². The van der Waals surface area contributed by atoms with E-state index in [9.17, 15) is 22.8 Å². The quantitative estimate of drug-likeness (QED) is 0.800. The molecular formula is C17H13F3N2O4. The number of halogens is 3. The minimum absolute atomic E-state index is 0.0672. The first-order chi connectivity index (χ1) is 12.3. The Kier molecular flexibility index (Phi) is 4.70. The number of para-hydroxylation sites is 2. The fourth-order valence-electron chi connectivity index (χ4n) is 2.26. The molecule has 1 aliphatic rings. The third-order valence-corrected chi connectivity index (χ3v) is 3.55. The lowest BCUT2D eigenvalue weighted by atomic mass is 10.1. The van der Waals surface area contributed by atoms with Gasteiger partial charge in [-0.2, -0.15) is 13.2 Å². The molecule has 0 fully saturated rings. The van der Waals surface area contributed by atoms with Gasteiger partial charge in [-0.25, -0.2) is 0 Å². The van der Waals surface area contributed by atoms with Crippen LogP contribution in [0.25, 0.3) is 0 Å². The van der Waals surface area contributed by atoms with Crippen LogP contribution in [-0.2, 0) is 11.0 Å². The Morgan fingerprint density at radius 1 is 1.00 bits per heavy atom. The molecule has 0 saturated carbocycles. The van der Waals surface area contributed by atoms with Gasteiger partial charge in [0.2, 0.25) is 6.10 Å². The largest absolute Gasteiger partial charge is 0.485 e. The molecule has 0 aromatic heterocycles. The lowest BCUT2D eigenvalue weighted by Gasteiger charge is -2.25. The molecule has 2 N–H and O–H groups in total. The smallest absolute Gasteiger partial charge is 0.416 e. The summed E-state index contributed by atoms with van der Waals surface area (Å²) >= 11 is 0. The zero-order valence-corrected chi connectivity index (χ0v) is 13.2. The number of benzene rings is 2. The maximum atomic E-state index is 12.7. The number of alkyl halides is 3. The number of fused-ring (bicyclic) bond motifs is 1. The summed E-state index contributed by atoms with van der Waals surface area (Å²) in [4.78, 5) is 24.0.